The van der Waals surface area contributed by atoms with Gasteiger partial charge in [-0.25, -0.2) is 0 Å². The molecule has 0 saturated heterocycles. The van der Waals surface area contributed by atoms with Gasteiger partial charge in [0.05, 0.1) is 32.6 Å². The number of aliphatic hydroxyl groups excluding tert-OH is 1. The van der Waals surface area contributed by atoms with Gasteiger partial charge in [-0.3, -0.25) is 4.79 Å². The van der Waals surface area contributed by atoms with E-state index in [1.165, 1.54) is 14.2 Å². The van der Waals surface area contributed by atoms with E-state index in [0.29, 0.717) is 28.5 Å². The molecule has 3 rings (SSSR count). The van der Waals surface area contributed by atoms with Crippen LogP contribution in [0.2, 0.25) is 0 Å². The fourth-order valence-corrected chi connectivity index (χ4v) is 3.12. The number of nitrogens with one attached hydrogen (secondary N) is 2. The fourth-order valence-electron chi connectivity index (χ4n) is 3.12. The van der Waals surface area contributed by atoms with Gasteiger partial charge in [0.15, 0.2) is 11.5 Å². The fraction of sp³-hybridized carbons (Fsp3) is 0.240. The Balaban J connectivity index is 1.59. The largest absolute Gasteiger partial charge is 0.497 e. The van der Waals surface area contributed by atoms with Crippen LogP contribution in [0.5, 0.6) is 23.0 Å². The van der Waals surface area contributed by atoms with Crippen LogP contribution < -0.4 is 29.6 Å². The monoisotopic (exact) mass is 452 g/mol. The number of aliphatic hydroxyl groups is 1. The highest BCUT2D eigenvalue weighted by Gasteiger charge is 2.16. The molecule has 33 heavy (non-hydrogen) atoms. The molecular weight excluding hydrogens is 424 g/mol. The van der Waals surface area contributed by atoms with Gasteiger partial charge in [0.1, 0.15) is 18.5 Å². The summed E-state index contributed by atoms with van der Waals surface area (Å²) in [5.74, 6) is 1.80. The van der Waals surface area contributed by atoms with E-state index in [0.717, 1.165) is 11.4 Å². The first-order valence-corrected chi connectivity index (χ1v) is 10.4. The van der Waals surface area contributed by atoms with Crippen LogP contribution in [0, 0.1) is 0 Å². The normalized spacial score (nSPS) is 11.3. The number of rotatable bonds is 11. The van der Waals surface area contributed by atoms with Crippen LogP contribution in [0.3, 0.4) is 0 Å². The minimum atomic E-state index is -0.940. The van der Waals surface area contributed by atoms with Crippen molar-refractivity contribution < 1.29 is 28.8 Å². The highest BCUT2D eigenvalue weighted by Crippen LogP contribution is 2.36. The van der Waals surface area contributed by atoms with Gasteiger partial charge in [0.2, 0.25) is 5.75 Å². The summed E-state index contributed by atoms with van der Waals surface area (Å²) in [6.07, 6.45) is -0.940. The summed E-state index contributed by atoms with van der Waals surface area (Å²) in [6.45, 7) is -0.0457. The molecule has 0 bridgehead atoms. The molecule has 0 aromatic heterocycles. The molecule has 8 nitrogen and oxygen atoms in total. The highest BCUT2D eigenvalue weighted by atomic mass is 16.5. The van der Waals surface area contributed by atoms with Gasteiger partial charge >= 0.3 is 0 Å². The number of ether oxygens (including phenoxy) is 4. The van der Waals surface area contributed by atoms with Gasteiger partial charge in [-0.05, 0) is 48.5 Å². The Labute approximate surface area is 193 Å². The molecule has 0 radical (unpaired) electrons. The zero-order chi connectivity index (χ0) is 23.6. The van der Waals surface area contributed by atoms with Gasteiger partial charge in [-0.1, -0.05) is 18.2 Å². The van der Waals surface area contributed by atoms with Crippen LogP contribution in [-0.2, 0) is 0 Å². The first-order valence-electron chi connectivity index (χ1n) is 10.4. The van der Waals surface area contributed by atoms with Gasteiger partial charge in [-0.15, -0.1) is 0 Å². The van der Waals surface area contributed by atoms with E-state index in [9.17, 15) is 9.90 Å². The number of para-hydroxylation sites is 2. The molecule has 1 unspecified atom stereocenters. The Morgan fingerprint density at radius 1 is 0.879 bits per heavy atom. The molecule has 0 saturated carbocycles. The molecule has 174 valence electrons. The summed E-state index contributed by atoms with van der Waals surface area (Å²) >= 11 is 0. The first kappa shape index (κ1) is 23.7. The van der Waals surface area contributed by atoms with Gasteiger partial charge in [0.25, 0.3) is 5.91 Å². The maximum absolute atomic E-state index is 12.8. The van der Waals surface area contributed by atoms with Crippen molar-refractivity contribution in [1.82, 2.24) is 5.32 Å². The van der Waals surface area contributed by atoms with Crippen molar-refractivity contribution in [2.75, 3.05) is 39.8 Å². The van der Waals surface area contributed by atoms with E-state index in [1.54, 1.807) is 37.4 Å². The van der Waals surface area contributed by atoms with Crippen LogP contribution >= 0.6 is 0 Å². The van der Waals surface area contributed by atoms with Crippen molar-refractivity contribution in [2.45, 2.75) is 6.10 Å². The Bertz CT molecular complexity index is 1030. The number of benzene rings is 3. The minimum Gasteiger partial charge on any atom is -0.497 e. The summed E-state index contributed by atoms with van der Waals surface area (Å²) in [6, 6.07) is 19.8. The second-order valence-corrected chi connectivity index (χ2v) is 7.07. The molecule has 3 aromatic rings. The van der Waals surface area contributed by atoms with E-state index in [2.05, 4.69) is 10.6 Å². The molecule has 0 spiro atoms. The van der Waals surface area contributed by atoms with Crippen molar-refractivity contribution >= 4 is 17.3 Å². The summed E-state index contributed by atoms with van der Waals surface area (Å²) in [4.78, 5) is 12.8. The smallest absolute Gasteiger partial charge is 0.253 e. The Kier molecular flexibility index (Phi) is 8.37. The zero-order valence-corrected chi connectivity index (χ0v) is 18.8. The van der Waals surface area contributed by atoms with Gasteiger partial charge in [-0.2, -0.15) is 0 Å². The second-order valence-electron chi connectivity index (χ2n) is 7.07. The van der Waals surface area contributed by atoms with Gasteiger partial charge in [0, 0.05) is 12.2 Å². The van der Waals surface area contributed by atoms with E-state index < -0.39 is 6.10 Å². The Morgan fingerprint density at radius 2 is 1.55 bits per heavy atom. The molecule has 0 aliphatic carbocycles. The van der Waals surface area contributed by atoms with E-state index >= 15 is 0 Å². The molecule has 0 heterocycles. The number of methoxy groups -OCH3 is 3. The third-order valence-electron chi connectivity index (χ3n) is 4.84. The summed E-state index contributed by atoms with van der Waals surface area (Å²) in [7, 11) is 4.65. The SMILES string of the molecule is COc1ccc(Nc2ccccc2C(=O)NCC(O)COc2c(OC)cccc2OC)cc1. The first-order chi connectivity index (χ1) is 16.0. The molecule has 0 fully saturated rings. The lowest BCUT2D eigenvalue weighted by atomic mass is 10.1. The van der Waals surface area contributed by atoms with Crippen LogP contribution in [0.1, 0.15) is 10.4 Å². The molecule has 1 amide bonds. The Morgan fingerprint density at radius 3 is 2.18 bits per heavy atom. The number of hydrogen-bond acceptors (Lipinski definition) is 7. The van der Waals surface area contributed by atoms with Crippen molar-refractivity contribution in [2.24, 2.45) is 0 Å². The van der Waals surface area contributed by atoms with Crippen molar-refractivity contribution in [3.8, 4) is 23.0 Å². The van der Waals surface area contributed by atoms with Crippen LogP contribution in [0.4, 0.5) is 11.4 Å². The number of amides is 1. The molecule has 1 atom stereocenters. The summed E-state index contributed by atoms with van der Waals surface area (Å²) < 4.78 is 21.4. The predicted octanol–water partition coefficient (Wildman–Crippen LogP) is 3.63. The lowest BCUT2D eigenvalue weighted by Crippen LogP contribution is -2.35. The van der Waals surface area contributed by atoms with Crippen LogP contribution in [0.15, 0.2) is 66.7 Å². The van der Waals surface area contributed by atoms with Crippen LogP contribution in [0.25, 0.3) is 0 Å². The number of anilines is 2. The standard InChI is InChI=1S/C25H28N2O6/c1-30-19-13-11-17(12-14-19)27-21-8-5-4-7-20(21)25(29)26-15-18(28)16-33-24-22(31-2)9-6-10-23(24)32-3/h4-14,18,27-28H,15-16H2,1-3H3,(H,26,29). The average Bonchev–Trinajstić information content (AvgIpc) is 2.86. The lowest BCUT2D eigenvalue weighted by Gasteiger charge is -2.17. The lowest BCUT2D eigenvalue weighted by molar-refractivity contribution is 0.0834. The highest BCUT2D eigenvalue weighted by molar-refractivity contribution is 6.00. The van der Waals surface area contributed by atoms with E-state index in [1.807, 2.05) is 36.4 Å². The number of hydrogen-bond donors (Lipinski definition) is 3. The maximum atomic E-state index is 12.8. The quantitative estimate of drug-likeness (QED) is 0.409. The van der Waals surface area contributed by atoms with E-state index in [4.69, 9.17) is 18.9 Å². The second kappa shape index (κ2) is 11.6. The molecule has 0 aliphatic heterocycles. The third kappa shape index (κ3) is 6.30. The molecule has 3 aromatic carbocycles. The number of carbonyl (C=O) groups excluding carboxylic acids is 1. The number of carbonyl (C=O) groups is 1. The minimum absolute atomic E-state index is 0.00711. The molecule has 8 heteroatoms. The predicted molar refractivity (Wildman–Crippen MR) is 126 cm³/mol. The van der Waals surface area contributed by atoms with Crippen molar-refractivity contribution in [3.05, 3.63) is 72.3 Å². The van der Waals surface area contributed by atoms with Gasteiger partial charge < -0.3 is 34.7 Å². The molecule has 3 N–H and O–H groups in total. The molecular formula is C25H28N2O6. The van der Waals surface area contributed by atoms with Crippen molar-refractivity contribution in [3.63, 3.8) is 0 Å². The van der Waals surface area contributed by atoms with Crippen molar-refractivity contribution in [1.29, 1.82) is 0 Å². The summed E-state index contributed by atoms with van der Waals surface area (Å²) in [5, 5.41) is 16.3. The topological polar surface area (TPSA) is 98.3 Å². The Hall–Kier alpha value is -3.91. The van der Waals surface area contributed by atoms with Crippen LogP contribution in [-0.4, -0.2) is 51.6 Å². The average molecular weight is 453 g/mol. The summed E-state index contributed by atoms with van der Waals surface area (Å²) in [5.41, 5.74) is 1.91. The molecule has 0 aliphatic rings. The maximum Gasteiger partial charge on any atom is 0.253 e. The van der Waals surface area contributed by atoms with E-state index in [-0.39, 0.29) is 19.1 Å². The third-order valence-corrected chi connectivity index (χ3v) is 4.84. The zero-order valence-electron chi connectivity index (χ0n) is 18.8.